The Morgan fingerprint density at radius 1 is 0.595 bits per heavy atom. The van der Waals surface area contributed by atoms with E-state index in [1.807, 2.05) is 24.3 Å². The molecule has 2 rings (SSSR count). The third-order valence-electron chi connectivity index (χ3n) is 6.81. The van der Waals surface area contributed by atoms with Crippen molar-refractivity contribution >= 4 is 0 Å². The molecule has 0 saturated carbocycles. The lowest BCUT2D eigenvalue weighted by atomic mass is 10.0. The second-order valence-corrected chi connectivity index (χ2v) is 10.2. The molecule has 1 aromatic carbocycles. The van der Waals surface area contributed by atoms with Gasteiger partial charge in [0.15, 0.2) is 11.6 Å². The smallest absolute Gasteiger partial charge is 0.159 e. The molecule has 2 aromatic rings. The highest BCUT2D eigenvalue weighted by Gasteiger charge is 2.07. The molecule has 4 nitrogen and oxygen atoms in total. The zero-order valence-electron chi connectivity index (χ0n) is 23.6. The van der Waals surface area contributed by atoms with Crippen LogP contribution in [0, 0.1) is 0 Å². The predicted molar refractivity (Wildman–Crippen MR) is 153 cm³/mol. The fraction of sp³-hybridized carbons (Fsp3) is 0.688. The molecule has 0 N–H and O–H groups in total. The number of hydrogen-bond donors (Lipinski definition) is 0. The molecule has 0 bridgehead atoms. The van der Waals surface area contributed by atoms with Gasteiger partial charge in [-0.3, -0.25) is 0 Å². The number of benzene rings is 1. The van der Waals surface area contributed by atoms with Gasteiger partial charge in [0.05, 0.1) is 25.6 Å². The van der Waals surface area contributed by atoms with Crippen LogP contribution in [-0.2, 0) is 0 Å². The average Bonchev–Trinajstić information content (AvgIpc) is 2.93. The lowest BCUT2D eigenvalue weighted by Crippen LogP contribution is -2.03. The van der Waals surface area contributed by atoms with Crippen LogP contribution in [0.25, 0.3) is 11.4 Å². The van der Waals surface area contributed by atoms with Crippen LogP contribution in [0.15, 0.2) is 36.7 Å². The SMILES string of the molecule is CCCCCCCCCCCC[C@H](F)CCCCOc1cnc(-c2ccc(OCCCCC)cc2)nc1. The summed E-state index contributed by atoms with van der Waals surface area (Å²) < 4.78 is 25.7. The molecule has 208 valence electrons. The first-order valence-electron chi connectivity index (χ1n) is 15.0. The topological polar surface area (TPSA) is 44.2 Å². The van der Waals surface area contributed by atoms with Gasteiger partial charge in [-0.05, 0) is 56.4 Å². The minimum Gasteiger partial charge on any atom is -0.494 e. The van der Waals surface area contributed by atoms with Crippen LogP contribution in [0.4, 0.5) is 4.39 Å². The van der Waals surface area contributed by atoms with E-state index in [0.717, 1.165) is 43.6 Å². The number of ether oxygens (including phenoxy) is 2. The van der Waals surface area contributed by atoms with Gasteiger partial charge in [0.1, 0.15) is 11.9 Å². The fourth-order valence-corrected chi connectivity index (χ4v) is 4.44. The zero-order valence-corrected chi connectivity index (χ0v) is 23.6. The molecule has 0 spiro atoms. The van der Waals surface area contributed by atoms with E-state index < -0.39 is 6.17 Å². The van der Waals surface area contributed by atoms with Crippen molar-refractivity contribution in [2.75, 3.05) is 13.2 Å². The molecule has 0 saturated heterocycles. The van der Waals surface area contributed by atoms with Crippen molar-refractivity contribution in [3.8, 4) is 22.9 Å². The van der Waals surface area contributed by atoms with Crippen molar-refractivity contribution in [2.24, 2.45) is 0 Å². The van der Waals surface area contributed by atoms with E-state index in [1.165, 1.54) is 70.6 Å². The van der Waals surface area contributed by atoms with E-state index in [2.05, 4.69) is 23.8 Å². The van der Waals surface area contributed by atoms with Crippen molar-refractivity contribution < 1.29 is 13.9 Å². The van der Waals surface area contributed by atoms with Crippen molar-refractivity contribution in [3.63, 3.8) is 0 Å². The maximum atomic E-state index is 14.2. The third-order valence-corrected chi connectivity index (χ3v) is 6.81. The Hall–Kier alpha value is -2.17. The standard InChI is InChI=1S/C32H51FN2O2/c1-3-5-7-8-9-10-11-12-13-14-18-29(33)19-15-17-25-37-31-26-34-32(35-27-31)28-20-22-30(23-21-28)36-24-16-6-4-2/h20-23,26-27,29H,3-19,24-25H2,1-2H3/t29-/m0/s1. The van der Waals surface area contributed by atoms with E-state index in [-0.39, 0.29) is 0 Å². The summed E-state index contributed by atoms with van der Waals surface area (Å²) in [6, 6.07) is 7.88. The Balaban J connectivity index is 1.49. The van der Waals surface area contributed by atoms with Gasteiger partial charge in [-0.1, -0.05) is 90.9 Å². The van der Waals surface area contributed by atoms with Crippen LogP contribution in [0.3, 0.4) is 0 Å². The first kappa shape index (κ1) is 31.1. The molecule has 1 atom stereocenters. The zero-order chi connectivity index (χ0) is 26.4. The maximum Gasteiger partial charge on any atom is 0.159 e. The second kappa shape index (κ2) is 20.8. The third kappa shape index (κ3) is 15.0. The second-order valence-electron chi connectivity index (χ2n) is 10.2. The largest absolute Gasteiger partial charge is 0.494 e. The van der Waals surface area contributed by atoms with Gasteiger partial charge in [0.2, 0.25) is 0 Å². The monoisotopic (exact) mass is 514 g/mol. The van der Waals surface area contributed by atoms with E-state index in [9.17, 15) is 4.39 Å². The molecule has 0 aliphatic rings. The quantitative estimate of drug-likeness (QED) is 0.138. The average molecular weight is 515 g/mol. The van der Waals surface area contributed by atoms with Crippen molar-refractivity contribution in [2.45, 2.75) is 129 Å². The lowest BCUT2D eigenvalue weighted by Gasteiger charge is -2.09. The number of halogens is 1. The number of nitrogens with zero attached hydrogens (tertiary/aromatic N) is 2. The molecule has 5 heteroatoms. The minimum absolute atomic E-state index is 0.567. The summed E-state index contributed by atoms with van der Waals surface area (Å²) in [6.07, 6.45) is 22.2. The molecule has 37 heavy (non-hydrogen) atoms. The highest BCUT2D eigenvalue weighted by molar-refractivity contribution is 5.56. The van der Waals surface area contributed by atoms with Crippen LogP contribution < -0.4 is 9.47 Å². The van der Waals surface area contributed by atoms with Gasteiger partial charge in [0.25, 0.3) is 0 Å². The predicted octanol–water partition coefficient (Wildman–Crippen LogP) is 9.91. The molecule has 0 amide bonds. The summed E-state index contributed by atoms with van der Waals surface area (Å²) in [5.74, 6) is 2.19. The van der Waals surface area contributed by atoms with Crippen LogP contribution in [0.2, 0.25) is 0 Å². The number of hydrogen-bond acceptors (Lipinski definition) is 4. The van der Waals surface area contributed by atoms with Gasteiger partial charge in [-0.2, -0.15) is 0 Å². The number of rotatable bonds is 23. The summed E-state index contributed by atoms with van der Waals surface area (Å²) in [4.78, 5) is 8.86. The fourth-order valence-electron chi connectivity index (χ4n) is 4.44. The molecular formula is C32H51FN2O2. The Bertz CT molecular complexity index is 782. The van der Waals surface area contributed by atoms with Crippen molar-refractivity contribution in [1.29, 1.82) is 0 Å². The number of unbranched alkanes of at least 4 members (excludes halogenated alkanes) is 12. The van der Waals surface area contributed by atoms with Gasteiger partial charge in [0, 0.05) is 5.56 Å². The summed E-state index contributed by atoms with van der Waals surface area (Å²) >= 11 is 0. The first-order valence-corrected chi connectivity index (χ1v) is 15.0. The van der Waals surface area contributed by atoms with Gasteiger partial charge < -0.3 is 9.47 Å². The van der Waals surface area contributed by atoms with Crippen LogP contribution in [-0.4, -0.2) is 29.4 Å². The normalized spacial score (nSPS) is 12.0. The summed E-state index contributed by atoms with van der Waals surface area (Å²) in [5.41, 5.74) is 0.948. The van der Waals surface area contributed by atoms with Gasteiger partial charge in [-0.25, -0.2) is 14.4 Å². The molecule has 1 aromatic heterocycles. The van der Waals surface area contributed by atoms with Crippen molar-refractivity contribution in [3.05, 3.63) is 36.7 Å². The minimum atomic E-state index is -0.676. The summed E-state index contributed by atoms with van der Waals surface area (Å²) in [5, 5.41) is 0. The van der Waals surface area contributed by atoms with Crippen molar-refractivity contribution in [1.82, 2.24) is 9.97 Å². The molecule has 0 unspecified atom stereocenters. The van der Waals surface area contributed by atoms with Crippen LogP contribution in [0.1, 0.15) is 123 Å². The molecule has 1 heterocycles. The Morgan fingerprint density at radius 2 is 1.05 bits per heavy atom. The molecule has 0 aliphatic carbocycles. The van der Waals surface area contributed by atoms with E-state index >= 15 is 0 Å². The van der Waals surface area contributed by atoms with Crippen LogP contribution in [0.5, 0.6) is 11.5 Å². The Labute approximate surface area is 225 Å². The molecule has 0 radical (unpaired) electrons. The van der Waals surface area contributed by atoms with Gasteiger partial charge >= 0.3 is 0 Å². The number of aromatic nitrogens is 2. The van der Waals surface area contributed by atoms with E-state index in [0.29, 0.717) is 31.0 Å². The van der Waals surface area contributed by atoms with E-state index in [1.54, 1.807) is 12.4 Å². The maximum absolute atomic E-state index is 14.2. The molecular weight excluding hydrogens is 463 g/mol. The lowest BCUT2D eigenvalue weighted by molar-refractivity contribution is 0.259. The summed E-state index contributed by atoms with van der Waals surface area (Å²) in [7, 11) is 0. The highest BCUT2D eigenvalue weighted by Crippen LogP contribution is 2.21. The number of alkyl halides is 1. The Morgan fingerprint density at radius 3 is 1.65 bits per heavy atom. The van der Waals surface area contributed by atoms with Gasteiger partial charge in [-0.15, -0.1) is 0 Å². The molecule has 0 fully saturated rings. The summed E-state index contributed by atoms with van der Waals surface area (Å²) in [6.45, 7) is 5.76. The van der Waals surface area contributed by atoms with Crippen LogP contribution >= 0.6 is 0 Å². The van der Waals surface area contributed by atoms with E-state index in [4.69, 9.17) is 9.47 Å². The highest BCUT2D eigenvalue weighted by atomic mass is 19.1. The Kier molecular flexibility index (Phi) is 17.5. The molecule has 0 aliphatic heterocycles. The first-order chi connectivity index (χ1) is 18.2.